The van der Waals surface area contributed by atoms with Gasteiger partial charge in [-0.25, -0.2) is 0 Å². The molecule has 0 atom stereocenters. The number of guanidine groups is 1. The van der Waals surface area contributed by atoms with Crippen LogP contribution in [0.3, 0.4) is 0 Å². The monoisotopic (exact) mass is 521 g/mol. The molecule has 30 heavy (non-hydrogen) atoms. The lowest BCUT2D eigenvalue weighted by Gasteiger charge is -2.29. The summed E-state index contributed by atoms with van der Waals surface area (Å²) in [5, 5.41) is 14.9. The molecule has 0 saturated carbocycles. The van der Waals surface area contributed by atoms with Gasteiger partial charge in [-0.3, -0.25) is 14.2 Å². The highest BCUT2D eigenvalue weighted by molar-refractivity contribution is 14.0. The molecule has 0 aliphatic carbocycles. The predicted molar refractivity (Wildman–Crippen MR) is 126 cm³/mol. The molecule has 10 heteroatoms. The van der Waals surface area contributed by atoms with E-state index in [1.807, 2.05) is 53.1 Å². The molecule has 158 valence electrons. The van der Waals surface area contributed by atoms with E-state index in [-0.39, 0.29) is 36.5 Å². The molecule has 0 bridgehead atoms. The van der Waals surface area contributed by atoms with E-state index in [2.05, 4.69) is 25.8 Å². The van der Waals surface area contributed by atoms with E-state index in [0.29, 0.717) is 25.6 Å². The smallest absolute Gasteiger partial charge is 0.265 e. The lowest BCUT2D eigenvalue weighted by molar-refractivity contribution is -0.121. The highest BCUT2D eigenvalue weighted by atomic mass is 127. The molecule has 0 radical (unpaired) electrons. The second-order valence-electron chi connectivity index (χ2n) is 6.55. The molecule has 0 spiro atoms. The van der Waals surface area contributed by atoms with Gasteiger partial charge in [-0.05, 0) is 30.7 Å². The summed E-state index contributed by atoms with van der Waals surface area (Å²) in [6, 6.07) is 13.4. The summed E-state index contributed by atoms with van der Waals surface area (Å²) in [6.07, 6.45) is 2.70. The molecular formula is C20H24IN7O2. The fourth-order valence-electron chi connectivity index (χ4n) is 3.24. The Balaban J connectivity index is 0.00000256. The Morgan fingerprint density at radius 3 is 2.87 bits per heavy atom. The molecule has 1 aliphatic heterocycles. The van der Waals surface area contributed by atoms with Crippen LogP contribution in [0.15, 0.2) is 53.7 Å². The molecule has 3 aromatic rings. The third-order valence-corrected chi connectivity index (χ3v) is 4.68. The van der Waals surface area contributed by atoms with Crippen LogP contribution in [-0.2, 0) is 11.3 Å². The van der Waals surface area contributed by atoms with Crippen LogP contribution in [0.1, 0.15) is 12.2 Å². The number of nitrogens with one attached hydrogen (secondary N) is 2. The summed E-state index contributed by atoms with van der Waals surface area (Å²) in [5.41, 5.74) is 1.63. The van der Waals surface area contributed by atoms with E-state index < -0.39 is 0 Å². The normalized spacial score (nSPS) is 13.4. The zero-order valence-corrected chi connectivity index (χ0v) is 18.9. The molecule has 0 fully saturated rings. The van der Waals surface area contributed by atoms with Gasteiger partial charge >= 0.3 is 0 Å². The van der Waals surface area contributed by atoms with Crippen LogP contribution in [0.4, 0.5) is 5.69 Å². The van der Waals surface area contributed by atoms with Crippen molar-refractivity contribution in [2.45, 2.75) is 13.0 Å². The van der Waals surface area contributed by atoms with Crippen molar-refractivity contribution in [1.29, 1.82) is 0 Å². The number of hydrogen-bond donors (Lipinski definition) is 2. The maximum Gasteiger partial charge on any atom is 0.265 e. The van der Waals surface area contributed by atoms with Gasteiger partial charge in [0, 0.05) is 26.3 Å². The number of fused-ring (bicyclic) bond motifs is 2. The number of ether oxygens (including phenoxy) is 1. The number of aromatic nitrogens is 3. The zero-order chi connectivity index (χ0) is 20.1. The number of pyridine rings is 1. The van der Waals surface area contributed by atoms with Gasteiger partial charge in [0.05, 0.1) is 12.2 Å². The van der Waals surface area contributed by atoms with Crippen LogP contribution >= 0.6 is 24.0 Å². The largest absolute Gasteiger partial charge is 0.482 e. The lowest BCUT2D eigenvalue weighted by Crippen LogP contribution is -2.42. The summed E-state index contributed by atoms with van der Waals surface area (Å²) < 4.78 is 7.41. The highest BCUT2D eigenvalue weighted by Crippen LogP contribution is 2.31. The molecule has 2 aromatic heterocycles. The van der Waals surface area contributed by atoms with Gasteiger partial charge < -0.3 is 20.3 Å². The van der Waals surface area contributed by atoms with Gasteiger partial charge in [0.25, 0.3) is 5.91 Å². The van der Waals surface area contributed by atoms with Crippen LogP contribution in [0.5, 0.6) is 5.75 Å². The molecule has 1 aliphatic rings. The molecule has 4 rings (SSSR count). The van der Waals surface area contributed by atoms with Crippen LogP contribution in [0.25, 0.3) is 5.65 Å². The number of nitrogens with zero attached hydrogens (tertiary/aromatic N) is 5. The predicted octanol–water partition coefficient (Wildman–Crippen LogP) is 1.83. The maximum atomic E-state index is 12.2. The lowest BCUT2D eigenvalue weighted by atomic mass is 10.2. The Morgan fingerprint density at radius 2 is 2.00 bits per heavy atom. The molecular weight excluding hydrogens is 497 g/mol. The minimum absolute atomic E-state index is 0. The summed E-state index contributed by atoms with van der Waals surface area (Å²) >= 11 is 0. The van der Waals surface area contributed by atoms with Crippen molar-refractivity contribution in [3.8, 4) is 5.75 Å². The van der Waals surface area contributed by atoms with Crippen molar-refractivity contribution in [3.05, 3.63) is 54.5 Å². The number of anilines is 1. The Hall–Kier alpha value is -2.89. The minimum Gasteiger partial charge on any atom is -0.482 e. The number of rotatable bonds is 6. The van der Waals surface area contributed by atoms with E-state index in [9.17, 15) is 4.79 Å². The van der Waals surface area contributed by atoms with Crippen molar-refractivity contribution >= 4 is 47.2 Å². The Morgan fingerprint density at radius 1 is 1.17 bits per heavy atom. The molecule has 0 unspecified atom stereocenters. The topological polar surface area (TPSA) is 96.2 Å². The van der Waals surface area contributed by atoms with Crippen LogP contribution in [0, 0.1) is 0 Å². The fraction of sp³-hybridized carbons (Fsp3) is 0.300. The van der Waals surface area contributed by atoms with Crippen molar-refractivity contribution in [3.63, 3.8) is 0 Å². The van der Waals surface area contributed by atoms with Crippen molar-refractivity contribution in [2.75, 3.05) is 31.6 Å². The number of hydrogen-bond acceptors (Lipinski definition) is 5. The highest BCUT2D eigenvalue weighted by Gasteiger charge is 2.24. The van der Waals surface area contributed by atoms with Crippen LogP contribution in [0.2, 0.25) is 0 Å². The summed E-state index contributed by atoms with van der Waals surface area (Å²) in [6.45, 7) is 1.87. The number of benzene rings is 1. The Bertz CT molecular complexity index is 1040. The number of aliphatic imine (C=N–C) groups is 1. The standard InChI is InChI=1S/C20H23N7O2.HI/c1-21-20(23-13-18-25-24-17-9-4-5-11-27(17)18)22-10-6-12-26-15-7-2-3-8-16(15)29-14-19(26)28;/h2-5,7-9,11H,6,10,12-14H2,1H3,(H2,21,22,23);1H. The van der Waals surface area contributed by atoms with E-state index in [4.69, 9.17) is 4.74 Å². The van der Waals surface area contributed by atoms with Gasteiger partial charge in [-0.2, -0.15) is 0 Å². The minimum atomic E-state index is -0.0232. The summed E-state index contributed by atoms with van der Waals surface area (Å²) in [4.78, 5) is 18.2. The van der Waals surface area contributed by atoms with E-state index in [1.54, 1.807) is 11.9 Å². The third-order valence-electron chi connectivity index (χ3n) is 4.68. The molecule has 3 heterocycles. The van der Waals surface area contributed by atoms with Crippen LogP contribution in [-0.4, -0.2) is 53.2 Å². The number of carbonyl (C=O) groups excluding carboxylic acids is 1. The van der Waals surface area contributed by atoms with E-state index in [0.717, 1.165) is 29.3 Å². The van der Waals surface area contributed by atoms with Gasteiger partial charge in [-0.1, -0.05) is 18.2 Å². The molecule has 2 N–H and O–H groups in total. The second kappa shape index (κ2) is 10.2. The van der Waals surface area contributed by atoms with Crippen molar-refractivity contribution in [2.24, 2.45) is 4.99 Å². The SMILES string of the molecule is CN=C(NCCCN1C(=O)COc2ccccc21)NCc1nnc2ccccn12.I. The second-order valence-corrected chi connectivity index (χ2v) is 6.55. The van der Waals surface area contributed by atoms with Crippen molar-refractivity contribution < 1.29 is 9.53 Å². The molecule has 9 nitrogen and oxygen atoms in total. The first-order valence-corrected chi connectivity index (χ1v) is 9.51. The van der Waals surface area contributed by atoms with Gasteiger partial charge in [0.2, 0.25) is 0 Å². The summed E-state index contributed by atoms with van der Waals surface area (Å²) in [7, 11) is 1.72. The van der Waals surface area contributed by atoms with Crippen molar-refractivity contribution in [1.82, 2.24) is 25.2 Å². The Kier molecular flexibility index (Phi) is 7.44. The average Bonchev–Trinajstić information content (AvgIpc) is 3.17. The average molecular weight is 521 g/mol. The third kappa shape index (κ3) is 4.81. The van der Waals surface area contributed by atoms with Gasteiger partial charge in [0.1, 0.15) is 5.75 Å². The maximum absolute atomic E-state index is 12.2. The molecule has 1 amide bonds. The van der Waals surface area contributed by atoms with Gasteiger partial charge in [0.15, 0.2) is 24.0 Å². The first-order chi connectivity index (χ1) is 14.3. The number of amides is 1. The number of carbonyl (C=O) groups is 1. The quantitative estimate of drug-likeness (QED) is 0.223. The first-order valence-electron chi connectivity index (χ1n) is 9.51. The van der Waals surface area contributed by atoms with Gasteiger partial charge in [-0.15, -0.1) is 34.2 Å². The van der Waals surface area contributed by atoms with E-state index in [1.165, 1.54) is 0 Å². The number of halogens is 1. The summed E-state index contributed by atoms with van der Waals surface area (Å²) in [5.74, 6) is 2.20. The van der Waals surface area contributed by atoms with Crippen LogP contribution < -0.4 is 20.3 Å². The first kappa shape index (κ1) is 21.8. The Labute approximate surface area is 191 Å². The number of para-hydroxylation sites is 2. The zero-order valence-electron chi connectivity index (χ0n) is 16.6. The molecule has 1 aromatic carbocycles. The molecule has 0 saturated heterocycles. The van der Waals surface area contributed by atoms with E-state index >= 15 is 0 Å². The fourth-order valence-corrected chi connectivity index (χ4v) is 3.24.